The number of carbonyl (C=O) groups excluding carboxylic acids is 1. The van der Waals surface area contributed by atoms with Gasteiger partial charge in [0, 0.05) is 37.3 Å². The second kappa shape index (κ2) is 7.56. The van der Waals surface area contributed by atoms with E-state index in [-0.39, 0.29) is 17.3 Å². The smallest absolute Gasteiger partial charge is 0.253 e. The lowest BCUT2D eigenvalue weighted by atomic mass is 9.86. The molecule has 2 aliphatic rings. The summed E-state index contributed by atoms with van der Waals surface area (Å²) in [5, 5.41) is 12.8. The van der Waals surface area contributed by atoms with Gasteiger partial charge in [0.15, 0.2) is 0 Å². The average Bonchev–Trinajstić information content (AvgIpc) is 3.09. The van der Waals surface area contributed by atoms with Gasteiger partial charge in [0.05, 0.1) is 12.2 Å². The number of anilines is 1. The van der Waals surface area contributed by atoms with Crippen LogP contribution < -0.4 is 5.32 Å². The summed E-state index contributed by atoms with van der Waals surface area (Å²) in [6.07, 6.45) is 4.67. The van der Waals surface area contributed by atoms with E-state index >= 15 is 0 Å². The highest BCUT2D eigenvalue weighted by atomic mass is 16.5. The molecule has 2 atom stereocenters. The van der Waals surface area contributed by atoms with Gasteiger partial charge in [-0.15, -0.1) is 0 Å². The van der Waals surface area contributed by atoms with E-state index in [4.69, 9.17) is 4.74 Å². The van der Waals surface area contributed by atoms with Crippen molar-refractivity contribution in [3.05, 3.63) is 54.2 Å². The molecule has 2 unspecified atom stereocenters. The molecule has 27 heavy (non-hydrogen) atoms. The van der Waals surface area contributed by atoms with Gasteiger partial charge in [-0.25, -0.2) is 4.98 Å². The van der Waals surface area contributed by atoms with Crippen molar-refractivity contribution in [2.75, 3.05) is 31.6 Å². The maximum absolute atomic E-state index is 12.8. The fourth-order valence-corrected chi connectivity index (χ4v) is 4.13. The first kappa shape index (κ1) is 17.8. The molecule has 1 spiro atoms. The largest absolute Gasteiger partial charge is 0.508 e. The number of hydrogen-bond donors (Lipinski definition) is 2. The van der Waals surface area contributed by atoms with E-state index in [0.717, 1.165) is 38.2 Å². The first-order valence-electron chi connectivity index (χ1n) is 9.51. The minimum atomic E-state index is -0.235. The number of hydrogen-bond acceptors (Lipinski definition) is 5. The number of amides is 1. The van der Waals surface area contributed by atoms with E-state index in [0.29, 0.717) is 24.6 Å². The Morgan fingerprint density at radius 2 is 2.15 bits per heavy atom. The summed E-state index contributed by atoms with van der Waals surface area (Å²) in [6.45, 7) is 2.92. The molecule has 0 radical (unpaired) electrons. The third-order valence-corrected chi connectivity index (χ3v) is 5.46. The van der Waals surface area contributed by atoms with Crippen LogP contribution in [0.2, 0.25) is 0 Å². The maximum Gasteiger partial charge on any atom is 0.253 e. The maximum atomic E-state index is 12.8. The van der Waals surface area contributed by atoms with Gasteiger partial charge in [0.2, 0.25) is 0 Å². The number of benzene rings is 1. The molecule has 6 nitrogen and oxygen atoms in total. The molecule has 2 aliphatic heterocycles. The second-order valence-corrected chi connectivity index (χ2v) is 7.54. The van der Waals surface area contributed by atoms with Crippen molar-refractivity contribution >= 4 is 11.7 Å². The molecule has 3 heterocycles. The number of aromatic nitrogens is 1. The quantitative estimate of drug-likeness (QED) is 0.869. The Labute approximate surface area is 159 Å². The van der Waals surface area contributed by atoms with E-state index in [2.05, 4.69) is 10.3 Å². The normalized spacial score (nSPS) is 24.9. The highest BCUT2D eigenvalue weighted by Gasteiger charge is 2.44. The summed E-state index contributed by atoms with van der Waals surface area (Å²) in [6, 6.07) is 12.3. The summed E-state index contributed by atoms with van der Waals surface area (Å²) in [4.78, 5) is 19.0. The van der Waals surface area contributed by atoms with E-state index in [1.807, 2.05) is 23.1 Å². The monoisotopic (exact) mass is 367 g/mol. The van der Waals surface area contributed by atoms with Gasteiger partial charge in [0.1, 0.15) is 11.6 Å². The summed E-state index contributed by atoms with van der Waals surface area (Å²) in [5.41, 5.74) is 0.373. The topological polar surface area (TPSA) is 74.7 Å². The number of piperidine rings is 1. The molecule has 2 N–H and O–H groups in total. The molecule has 1 aromatic carbocycles. The molecule has 2 aromatic rings. The number of nitrogens with zero attached hydrogens (tertiary/aromatic N) is 2. The minimum Gasteiger partial charge on any atom is -0.508 e. The molecule has 1 amide bonds. The zero-order valence-electron chi connectivity index (χ0n) is 15.3. The third kappa shape index (κ3) is 4.06. The van der Waals surface area contributed by atoms with Crippen molar-refractivity contribution in [1.82, 2.24) is 9.88 Å². The zero-order chi connectivity index (χ0) is 18.7. The van der Waals surface area contributed by atoms with E-state index < -0.39 is 0 Å². The van der Waals surface area contributed by atoms with Gasteiger partial charge in [-0.3, -0.25) is 4.79 Å². The van der Waals surface area contributed by atoms with Gasteiger partial charge < -0.3 is 20.1 Å². The number of nitrogens with one attached hydrogen (secondary N) is 1. The van der Waals surface area contributed by atoms with Crippen LogP contribution in [0.5, 0.6) is 5.75 Å². The first-order chi connectivity index (χ1) is 13.1. The van der Waals surface area contributed by atoms with Crippen LogP contribution in [-0.2, 0) is 4.74 Å². The Hall–Kier alpha value is -2.60. The van der Waals surface area contributed by atoms with Crippen LogP contribution in [0, 0.1) is 5.92 Å². The molecular formula is C21H25N3O3. The molecule has 142 valence electrons. The van der Waals surface area contributed by atoms with Crippen LogP contribution >= 0.6 is 0 Å². The number of phenols is 1. The molecule has 2 fully saturated rings. The van der Waals surface area contributed by atoms with Crippen molar-refractivity contribution < 1.29 is 14.6 Å². The average molecular weight is 367 g/mol. The van der Waals surface area contributed by atoms with Gasteiger partial charge in [-0.2, -0.15) is 0 Å². The van der Waals surface area contributed by atoms with Crippen molar-refractivity contribution in [1.29, 1.82) is 0 Å². The summed E-state index contributed by atoms with van der Waals surface area (Å²) < 4.78 is 6.22. The highest BCUT2D eigenvalue weighted by molar-refractivity contribution is 5.94. The predicted molar refractivity (Wildman–Crippen MR) is 103 cm³/mol. The van der Waals surface area contributed by atoms with Crippen LogP contribution in [0.3, 0.4) is 0 Å². The predicted octanol–water partition coefficient (Wildman–Crippen LogP) is 2.91. The lowest BCUT2D eigenvalue weighted by Crippen LogP contribution is -2.50. The van der Waals surface area contributed by atoms with Gasteiger partial charge in [-0.05, 0) is 55.7 Å². The second-order valence-electron chi connectivity index (χ2n) is 7.54. The summed E-state index contributed by atoms with van der Waals surface area (Å²) in [7, 11) is 0. The Balaban J connectivity index is 1.36. The summed E-state index contributed by atoms with van der Waals surface area (Å²) >= 11 is 0. The molecule has 4 rings (SSSR count). The van der Waals surface area contributed by atoms with E-state index in [1.54, 1.807) is 30.5 Å². The van der Waals surface area contributed by atoms with Crippen LogP contribution in [0.25, 0.3) is 0 Å². The van der Waals surface area contributed by atoms with Crippen LogP contribution in [-0.4, -0.2) is 52.7 Å². The standard InChI is InChI=1S/C21H25N3O3/c25-18-7-5-17(6-8-18)20(26)24-11-3-9-21(15-24)12-16(14-27-21)13-23-19-4-1-2-10-22-19/h1-2,4-8,10,16,25H,3,9,11-15H2,(H,22,23). The van der Waals surface area contributed by atoms with Crippen molar-refractivity contribution in [2.24, 2.45) is 5.92 Å². The van der Waals surface area contributed by atoms with Crippen molar-refractivity contribution in [2.45, 2.75) is 24.9 Å². The Kier molecular flexibility index (Phi) is 4.99. The fourth-order valence-electron chi connectivity index (χ4n) is 4.13. The number of ether oxygens (including phenoxy) is 1. The fraction of sp³-hybridized carbons (Fsp3) is 0.429. The lowest BCUT2D eigenvalue weighted by Gasteiger charge is -2.40. The van der Waals surface area contributed by atoms with Gasteiger partial charge in [-0.1, -0.05) is 6.07 Å². The molecule has 2 saturated heterocycles. The molecule has 1 aromatic heterocycles. The molecule has 0 bridgehead atoms. The summed E-state index contributed by atoms with van der Waals surface area (Å²) in [5.74, 6) is 1.47. The SMILES string of the molecule is O=C(c1ccc(O)cc1)N1CCCC2(CC(CNc3ccccn3)CO2)C1. The number of likely N-dealkylation sites (tertiary alicyclic amines) is 1. The highest BCUT2D eigenvalue weighted by Crippen LogP contribution is 2.38. The van der Waals surface area contributed by atoms with Crippen LogP contribution in [0.4, 0.5) is 5.82 Å². The third-order valence-electron chi connectivity index (χ3n) is 5.46. The van der Waals surface area contributed by atoms with E-state index in [1.165, 1.54) is 0 Å². The number of pyridine rings is 1. The number of phenolic OH excluding ortho intramolecular Hbond substituents is 1. The molecule has 0 saturated carbocycles. The van der Waals surface area contributed by atoms with Crippen molar-refractivity contribution in [3.63, 3.8) is 0 Å². The van der Waals surface area contributed by atoms with Gasteiger partial charge in [0.25, 0.3) is 5.91 Å². The number of rotatable bonds is 4. The van der Waals surface area contributed by atoms with Crippen LogP contribution in [0.1, 0.15) is 29.6 Å². The van der Waals surface area contributed by atoms with E-state index in [9.17, 15) is 9.90 Å². The van der Waals surface area contributed by atoms with Gasteiger partial charge >= 0.3 is 0 Å². The zero-order valence-corrected chi connectivity index (χ0v) is 15.3. The number of carbonyl (C=O) groups is 1. The number of aromatic hydroxyl groups is 1. The minimum absolute atomic E-state index is 0.00716. The first-order valence-corrected chi connectivity index (χ1v) is 9.51. The molecular weight excluding hydrogens is 342 g/mol. The molecule has 6 heteroatoms. The van der Waals surface area contributed by atoms with Crippen LogP contribution in [0.15, 0.2) is 48.7 Å². The Morgan fingerprint density at radius 1 is 1.30 bits per heavy atom. The Bertz CT molecular complexity index is 781. The van der Waals surface area contributed by atoms with Crippen molar-refractivity contribution in [3.8, 4) is 5.75 Å². The lowest BCUT2D eigenvalue weighted by molar-refractivity contribution is -0.0449. The Morgan fingerprint density at radius 3 is 2.93 bits per heavy atom. The molecule has 0 aliphatic carbocycles.